The van der Waals surface area contributed by atoms with E-state index in [1.165, 1.54) is 57.5 Å². The van der Waals surface area contributed by atoms with Gasteiger partial charge in [0.05, 0.1) is 134 Å². The van der Waals surface area contributed by atoms with Crippen molar-refractivity contribution in [2.75, 3.05) is 128 Å². The zero-order valence-corrected chi connectivity index (χ0v) is 70.8. The highest BCUT2D eigenvalue weighted by Crippen LogP contribution is 2.31. The van der Waals surface area contributed by atoms with Crippen LogP contribution in [0.5, 0.6) is 11.5 Å². The summed E-state index contributed by atoms with van der Waals surface area (Å²) in [5.74, 6) is -7.32. The van der Waals surface area contributed by atoms with Crippen molar-refractivity contribution in [1.29, 1.82) is 0 Å². The molecule has 1 aliphatic heterocycles. The van der Waals surface area contributed by atoms with E-state index < -0.39 is 109 Å². The number of carbonyl (C=O) groups excluding carboxylic acids is 21. The molecule has 2 aliphatic rings. The van der Waals surface area contributed by atoms with Crippen LogP contribution in [0.2, 0.25) is 0 Å². The summed E-state index contributed by atoms with van der Waals surface area (Å²) in [6, 6.07) is 9.29. The molecule has 12 N–H and O–H groups in total. The highest BCUT2D eigenvalue weighted by Gasteiger charge is 2.31. The van der Waals surface area contributed by atoms with Crippen LogP contribution in [0.25, 0.3) is 0 Å². The second kappa shape index (κ2) is 62.4. The number of nitrogens with zero attached hydrogens (tertiary/aromatic N) is 1. The minimum Gasteiger partial charge on any atom is -0.496 e. The second-order valence-electron chi connectivity index (χ2n) is 27.3. The standard InChI is InChI=1S/2C32H46N6O11.C13H17NO3.2C2H6/c2*1-33-32(47)21-5-6-22(26(15-21)48-4)20-49-31(46)12-9-25(41)17-35-29(44)19-37-30(45)18-36-28(43)11-8-24(40)16-34-27(42)10-7-23(39)13-14-38(2)3;1-9(15)11-4-2-10(3-5-11)8-14-12(16)6-7-13(14)17;2*1-2/h2*5-6,15H,7-14,16-20H2,1-4H3,(H,33,47)(H,34,42)(H,35,44)(H,36,43)(H,37,45);6-7,10-11H,2-5,8H2,1H3;2*1-2H3/p+2. The summed E-state index contributed by atoms with van der Waals surface area (Å²) in [4.78, 5) is 252. The van der Waals surface area contributed by atoms with E-state index in [9.17, 15) is 101 Å². The molecular weight excluding hydrogens is 1550 g/mol. The number of ketones is 7. The molecule has 1 saturated carbocycles. The Balaban J connectivity index is 0.00000188. The molecule has 0 bridgehead atoms. The molecule has 660 valence electrons. The number of carbonyl (C=O) groups is 21. The predicted molar refractivity (Wildman–Crippen MR) is 431 cm³/mol. The maximum absolute atomic E-state index is 12.1. The molecule has 119 heavy (non-hydrogen) atoms. The Morgan fingerprint density at radius 1 is 0.378 bits per heavy atom. The molecule has 12 amide bonds. The molecular formula is C81H123N13O25+2. The van der Waals surface area contributed by atoms with Crippen molar-refractivity contribution in [1.82, 2.24) is 58.1 Å². The van der Waals surface area contributed by atoms with Gasteiger partial charge in [-0.05, 0) is 62.8 Å². The zero-order valence-electron chi connectivity index (χ0n) is 70.8. The second-order valence-corrected chi connectivity index (χ2v) is 27.3. The van der Waals surface area contributed by atoms with E-state index >= 15 is 0 Å². The van der Waals surface area contributed by atoms with Crippen LogP contribution in [0.1, 0.15) is 182 Å². The van der Waals surface area contributed by atoms with Crippen LogP contribution in [-0.4, -0.2) is 257 Å². The van der Waals surface area contributed by atoms with Crippen LogP contribution in [0.4, 0.5) is 0 Å². The molecule has 1 aliphatic carbocycles. The molecule has 2 aromatic rings. The van der Waals surface area contributed by atoms with Crippen LogP contribution in [0.3, 0.4) is 0 Å². The summed E-state index contributed by atoms with van der Waals surface area (Å²) >= 11 is 0. The molecule has 0 spiro atoms. The SMILES string of the molecule is CC.CC.CC(=O)C1CCC(CN2C(=O)C=CC2=O)CC1.CNC(=O)c1ccc(COC(=O)CCC(=O)CNC(=O)CNC(=O)CNC(=O)CCC(=O)CNC(=O)CCC(=O)CC[NH+](C)C)c(OC)c1.CNC(=O)c1ccc(COC(=O)CCC(=O)CNC(=O)CNC(=O)CNC(=O)CCC(=O)CNC(=O)CCC(=O)CC[NH+](C)C)c(OC)c1. The third kappa shape index (κ3) is 50.4. The van der Waals surface area contributed by atoms with E-state index in [1.807, 2.05) is 55.9 Å². The van der Waals surface area contributed by atoms with Gasteiger partial charge in [0.25, 0.3) is 23.6 Å². The number of benzene rings is 2. The molecule has 0 aromatic heterocycles. The number of imide groups is 1. The lowest BCUT2D eigenvalue weighted by Gasteiger charge is -2.29. The molecule has 1 heterocycles. The Morgan fingerprint density at radius 3 is 0.958 bits per heavy atom. The van der Waals surface area contributed by atoms with E-state index in [-0.39, 0.29) is 163 Å². The summed E-state index contributed by atoms with van der Waals surface area (Å²) in [6.07, 6.45) is 5.54. The third-order valence-electron chi connectivity index (χ3n) is 17.4. The monoisotopic (exact) mass is 1680 g/mol. The van der Waals surface area contributed by atoms with Crippen molar-refractivity contribution < 1.29 is 129 Å². The predicted octanol–water partition coefficient (Wildman–Crippen LogP) is -2.35. The van der Waals surface area contributed by atoms with Gasteiger partial charge in [-0.1, -0.05) is 39.8 Å². The van der Waals surface area contributed by atoms with Gasteiger partial charge in [-0.25, -0.2) is 0 Å². The highest BCUT2D eigenvalue weighted by atomic mass is 16.5. The van der Waals surface area contributed by atoms with Crippen molar-refractivity contribution >= 4 is 123 Å². The number of ether oxygens (including phenoxy) is 4. The molecule has 2 aromatic carbocycles. The van der Waals surface area contributed by atoms with Gasteiger partial charge in [0.15, 0.2) is 23.1 Å². The number of quaternary nitrogens is 2. The number of hydrogen-bond donors (Lipinski definition) is 12. The summed E-state index contributed by atoms with van der Waals surface area (Å²) < 4.78 is 20.8. The number of rotatable bonds is 51. The normalized spacial score (nSPS) is 12.8. The summed E-state index contributed by atoms with van der Waals surface area (Å²) in [6.45, 7) is 8.06. The summed E-state index contributed by atoms with van der Waals surface area (Å²) in [5.41, 5.74) is 1.78. The average molecular weight is 1680 g/mol. The van der Waals surface area contributed by atoms with Crippen LogP contribution in [0.15, 0.2) is 48.6 Å². The first-order valence-electron chi connectivity index (χ1n) is 39.5. The molecule has 0 saturated heterocycles. The van der Waals surface area contributed by atoms with E-state index in [1.54, 1.807) is 31.2 Å². The molecule has 0 atom stereocenters. The van der Waals surface area contributed by atoms with Crippen molar-refractivity contribution in [3.63, 3.8) is 0 Å². The Morgan fingerprint density at radius 2 is 0.664 bits per heavy atom. The molecule has 38 heteroatoms. The Hall–Kier alpha value is -11.8. The summed E-state index contributed by atoms with van der Waals surface area (Å²) in [7, 11) is 13.5. The first-order chi connectivity index (χ1) is 56.5. The van der Waals surface area contributed by atoms with E-state index in [2.05, 4.69) is 53.2 Å². The largest absolute Gasteiger partial charge is 0.496 e. The van der Waals surface area contributed by atoms with Gasteiger partial charge < -0.3 is 81.9 Å². The van der Waals surface area contributed by atoms with Gasteiger partial charge >= 0.3 is 11.9 Å². The quantitative estimate of drug-likeness (QED) is 0.0244. The maximum atomic E-state index is 12.1. The number of esters is 2. The van der Waals surface area contributed by atoms with Gasteiger partial charge in [0.2, 0.25) is 47.3 Å². The van der Waals surface area contributed by atoms with E-state index in [4.69, 9.17) is 18.9 Å². The lowest BCUT2D eigenvalue weighted by Crippen LogP contribution is -3.05. The van der Waals surface area contributed by atoms with Crippen molar-refractivity contribution in [3.05, 3.63) is 70.8 Å². The molecule has 38 nitrogen and oxygen atoms in total. The smallest absolute Gasteiger partial charge is 0.306 e. The number of hydrogen-bond acceptors (Lipinski definition) is 25. The fraction of sp³-hybridized carbons (Fsp3) is 0.568. The Kier molecular flexibility index (Phi) is 56.2. The number of methoxy groups -OCH3 is 2. The van der Waals surface area contributed by atoms with Crippen LogP contribution >= 0.6 is 0 Å². The van der Waals surface area contributed by atoms with Gasteiger partial charge in [-0.15, -0.1) is 0 Å². The van der Waals surface area contributed by atoms with Crippen molar-refractivity contribution in [2.45, 2.75) is 163 Å². The number of Topliss-reactive ketones (excluding diaryl/α,β-unsaturated/α-hetero) is 7. The molecule has 0 radical (unpaired) electrons. The lowest BCUT2D eigenvalue weighted by molar-refractivity contribution is -0.857. The molecule has 0 unspecified atom stereocenters. The van der Waals surface area contributed by atoms with Gasteiger partial charge in [0, 0.05) is 125 Å². The fourth-order valence-corrected chi connectivity index (χ4v) is 10.4. The number of amides is 12. The van der Waals surface area contributed by atoms with Crippen molar-refractivity contribution in [3.8, 4) is 11.5 Å². The van der Waals surface area contributed by atoms with Crippen LogP contribution in [-0.2, 0) is 114 Å². The number of nitrogens with one attached hydrogen (secondary N) is 12. The lowest BCUT2D eigenvalue weighted by atomic mass is 9.80. The van der Waals surface area contributed by atoms with E-state index in [0.717, 1.165) is 35.5 Å². The van der Waals surface area contributed by atoms with Gasteiger partial charge in [-0.2, -0.15) is 0 Å². The summed E-state index contributed by atoms with van der Waals surface area (Å²) in [5, 5.41) is 23.6. The first kappa shape index (κ1) is 107. The average Bonchev–Trinajstić information content (AvgIpc) is 1.78. The van der Waals surface area contributed by atoms with Gasteiger partial charge in [0.1, 0.15) is 42.1 Å². The van der Waals surface area contributed by atoms with Crippen molar-refractivity contribution in [2.24, 2.45) is 11.8 Å². The Bertz CT molecular complexity index is 3590. The molecule has 4 rings (SSSR count). The first-order valence-corrected chi connectivity index (χ1v) is 39.5. The maximum Gasteiger partial charge on any atom is 0.306 e. The molecule has 1 fully saturated rings. The van der Waals surface area contributed by atoms with Crippen LogP contribution < -0.4 is 72.4 Å². The highest BCUT2D eigenvalue weighted by molar-refractivity contribution is 6.13. The van der Waals surface area contributed by atoms with Gasteiger partial charge in [-0.3, -0.25) is 106 Å². The minimum absolute atomic E-state index is 0.0211. The van der Waals surface area contributed by atoms with E-state index in [0.29, 0.717) is 72.1 Å². The van der Waals surface area contributed by atoms with Crippen LogP contribution in [0, 0.1) is 11.8 Å². The Labute approximate surface area is 694 Å². The zero-order chi connectivity index (χ0) is 90.0. The minimum atomic E-state index is -0.683. The topological polar surface area (TPSA) is 528 Å². The third-order valence-corrected chi connectivity index (χ3v) is 17.4. The fourth-order valence-electron chi connectivity index (χ4n) is 10.4.